The van der Waals surface area contributed by atoms with Gasteiger partial charge in [0.15, 0.2) is 0 Å². The number of aryl methyl sites for hydroxylation is 1. The number of hydrogen-bond donors (Lipinski definition) is 1. The number of carbonyl (C=O) groups is 2. The van der Waals surface area contributed by atoms with Gasteiger partial charge in [-0.05, 0) is 24.6 Å². The van der Waals surface area contributed by atoms with E-state index in [9.17, 15) is 9.59 Å². The van der Waals surface area contributed by atoms with Crippen LogP contribution in [0.25, 0.3) is 0 Å². The Bertz CT molecular complexity index is 484. The molecule has 0 unspecified atom stereocenters. The van der Waals surface area contributed by atoms with Gasteiger partial charge < -0.3 is 14.8 Å². The highest BCUT2D eigenvalue weighted by Crippen LogP contribution is 2.21. The standard InChI is InChI=1S/C13H15NO4/c1-8-3-4-9(12(15)17-2)7-11(8)14-10-5-6-18-13(10)16/h3-4,7,10,14H,5-6H2,1-2H3/t10-/m1/s1. The predicted octanol–water partition coefficient (Wildman–Crippen LogP) is 1.51. The maximum Gasteiger partial charge on any atom is 0.337 e. The molecule has 1 atom stereocenters. The van der Waals surface area contributed by atoms with E-state index >= 15 is 0 Å². The predicted molar refractivity (Wildman–Crippen MR) is 65.5 cm³/mol. The number of rotatable bonds is 3. The third-order valence-electron chi connectivity index (χ3n) is 2.92. The number of nitrogens with one attached hydrogen (secondary N) is 1. The maximum absolute atomic E-state index is 11.4. The van der Waals surface area contributed by atoms with E-state index in [1.807, 2.05) is 13.0 Å². The summed E-state index contributed by atoms with van der Waals surface area (Å²) in [6.45, 7) is 2.34. The second-order valence-electron chi connectivity index (χ2n) is 4.17. The Balaban J connectivity index is 2.21. The fourth-order valence-corrected chi connectivity index (χ4v) is 1.84. The van der Waals surface area contributed by atoms with Crippen LogP contribution >= 0.6 is 0 Å². The summed E-state index contributed by atoms with van der Waals surface area (Å²) in [6.07, 6.45) is 0.640. The third kappa shape index (κ3) is 2.45. The van der Waals surface area contributed by atoms with Gasteiger partial charge in [-0.25, -0.2) is 9.59 Å². The molecule has 1 fully saturated rings. The van der Waals surface area contributed by atoms with Gasteiger partial charge in [0.1, 0.15) is 6.04 Å². The summed E-state index contributed by atoms with van der Waals surface area (Å²) in [7, 11) is 1.34. The molecule has 0 saturated carbocycles. The molecule has 0 bridgehead atoms. The highest BCUT2D eigenvalue weighted by atomic mass is 16.5. The van der Waals surface area contributed by atoms with Crippen molar-refractivity contribution >= 4 is 17.6 Å². The summed E-state index contributed by atoms with van der Waals surface area (Å²) in [5.74, 6) is -0.648. The van der Waals surface area contributed by atoms with Crippen LogP contribution in [0.4, 0.5) is 5.69 Å². The normalized spacial score (nSPS) is 18.3. The van der Waals surface area contributed by atoms with E-state index in [0.717, 1.165) is 11.3 Å². The number of esters is 2. The lowest BCUT2D eigenvalue weighted by Crippen LogP contribution is -2.24. The Labute approximate surface area is 105 Å². The Hall–Kier alpha value is -2.04. The quantitative estimate of drug-likeness (QED) is 0.822. The molecule has 1 N–H and O–H groups in total. The van der Waals surface area contributed by atoms with Crippen molar-refractivity contribution in [1.29, 1.82) is 0 Å². The summed E-state index contributed by atoms with van der Waals surface area (Å²) < 4.78 is 9.55. The summed E-state index contributed by atoms with van der Waals surface area (Å²) in [6, 6.07) is 4.86. The number of anilines is 1. The Morgan fingerprint density at radius 3 is 2.89 bits per heavy atom. The van der Waals surface area contributed by atoms with E-state index in [2.05, 4.69) is 10.1 Å². The van der Waals surface area contributed by atoms with Gasteiger partial charge >= 0.3 is 11.9 Å². The van der Waals surface area contributed by atoms with E-state index < -0.39 is 5.97 Å². The number of cyclic esters (lactones) is 1. The average molecular weight is 249 g/mol. The molecule has 0 radical (unpaired) electrons. The van der Waals surface area contributed by atoms with E-state index in [1.54, 1.807) is 12.1 Å². The van der Waals surface area contributed by atoms with E-state index in [-0.39, 0.29) is 12.0 Å². The second-order valence-corrected chi connectivity index (χ2v) is 4.17. The molecule has 1 aliphatic rings. The minimum absolute atomic E-state index is 0.252. The first-order valence-corrected chi connectivity index (χ1v) is 5.74. The van der Waals surface area contributed by atoms with Crippen LogP contribution in [0.5, 0.6) is 0 Å². The fourth-order valence-electron chi connectivity index (χ4n) is 1.84. The van der Waals surface area contributed by atoms with Gasteiger partial charge in [-0.3, -0.25) is 0 Å². The van der Waals surface area contributed by atoms with Crippen molar-refractivity contribution in [2.75, 3.05) is 19.0 Å². The summed E-state index contributed by atoms with van der Waals surface area (Å²) in [4.78, 5) is 22.8. The molecule has 1 aliphatic heterocycles. The number of carbonyl (C=O) groups excluding carboxylic acids is 2. The first kappa shape index (κ1) is 12.4. The lowest BCUT2D eigenvalue weighted by molar-refractivity contribution is -0.138. The van der Waals surface area contributed by atoms with Crippen molar-refractivity contribution in [1.82, 2.24) is 0 Å². The van der Waals surface area contributed by atoms with Gasteiger partial charge in [-0.1, -0.05) is 6.07 Å². The van der Waals surface area contributed by atoms with Crippen LogP contribution in [-0.4, -0.2) is 31.7 Å². The number of hydrogen-bond acceptors (Lipinski definition) is 5. The Morgan fingerprint density at radius 2 is 2.28 bits per heavy atom. The number of benzene rings is 1. The molecule has 18 heavy (non-hydrogen) atoms. The third-order valence-corrected chi connectivity index (χ3v) is 2.92. The van der Waals surface area contributed by atoms with Gasteiger partial charge in [0, 0.05) is 12.1 Å². The minimum atomic E-state index is -0.396. The highest BCUT2D eigenvalue weighted by molar-refractivity contribution is 5.91. The molecule has 5 heteroatoms. The molecular weight excluding hydrogens is 234 g/mol. The first-order chi connectivity index (χ1) is 8.61. The van der Waals surface area contributed by atoms with Crippen LogP contribution < -0.4 is 5.32 Å². The zero-order valence-electron chi connectivity index (χ0n) is 10.4. The zero-order chi connectivity index (χ0) is 13.1. The smallest absolute Gasteiger partial charge is 0.337 e. The molecule has 0 aliphatic carbocycles. The first-order valence-electron chi connectivity index (χ1n) is 5.74. The van der Waals surface area contributed by atoms with Crippen LogP contribution in [0.15, 0.2) is 18.2 Å². The summed E-state index contributed by atoms with van der Waals surface area (Å²) in [5, 5.41) is 3.10. The van der Waals surface area contributed by atoms with Crippen LogP contribution in [-0.2, 0) is 14.3 Å². The van der Waals surface area contributed by atoms with Crippen LogP contribution in [0.2, 0.25) is 0 Å². The van der Waals surface area contributed by atoms with Gasteiger partial charge in [0.05, 0.1) is 19.3 Å². The van der Waals surface area contributed by atoms with Gasteiger partial charge in [0.2, 0.25) is 0 Å². The molecule has 1 saturated heterocycles. The molecule has 1 heterocycles. The highest BCUT2D eigenvalue weighted by Gasteiger charge is 2.26. The van der Waals surface area contributed by atoms with Gasteiger partial charge in [-0.15, -0.1) is 0 Å². The van der Waals surface area contributed by atoms with Crippen molar-refractivity contribution in [3.63, 3.8) is 0 Å². The second kappa shape index (κ2) is 5.08. The Morgan fingerprint density at radius 1 is 1.50 bits per heavy atom. The van der Waals surface area contributed by atoms with Crippen LogP contribution in [0, 0.1) is 6.92 Å². The molecule has 0 spiro atoms. The van der Waals surface area contributed by atoms with Gasteiger partial charge in [-0.2, -0.15) is 0 Å². The van der Waals surface area contributed by atoms with Crippen LogP contribution in [0.1, 0.15) is 22.3 Å². The van der Waals surface area contributed by atoms with E-state index in [1.165, 1.54) is 7.11 Å². The minimum Gasteiger partial charge on any atom is -0.465 e. The maximum atomic E-state index is 11.4. The van der Waals surface area contributed by atoms with Crippen LogP contribution in [0.3, 0.4) is 0 Å². The molecule has 0 amide bonds. The van der Waals surface area contributed by atoms with Crippen molar-refractivity contribution < 1.29 is 19.1 Å². The van der Waals surface area contributed by atoms with Gasteiger partial charge in [0.25, 0.3) is 0 Å². The largest absolute Gasteiger partial charge is 0.465 e. The Kier molecular flexibility index (Phi) is 3.50. The molecule has 1 aromatic rings. The molecule has 1 aromatic carbocycles. The molecule has 96 valence electrons. The summed E-state index contributed by atoms with van der Waals surface area (Å²) in [5.41, 5.74) is 2.17. The molecule has 5 nitrogen and oxygen atoms in total. The topological polar surface area (TPSA) is 64.6 Å². The van der Waals surface area contributed by atoms with E-state index in [0.29, 0.717) is 18.6 Å². The number of methoxy groups -OCH3 is 1. The SMILES string of the molecule is COC(=O)c1ccc(C)c(N[C@@H]2CCOC2=O)c1. The lowest BCUT2D eigenvalue weighted by atomic mass is 10.1. The molecule has 2 rings (SSSR count). The zero-order valence-corrected chi connectivity index (χ0v) is 10.4. The molecule has 0 aromatic heterocycles. The number of ether oxygens (including phenoxy) is 2. The monoisotopic (exact) mass is 249 g/mol. The lowest BCUT2D eigenvalue weighted by Gasteiger charge is -2.13. The average Bonchev–Trinajstić information content (AvgIpc) is 2.77. The van der Waals surface area contributed by atoms with Crippen molar-refractivity contribution in [3.8, 4) is 0 Å². The van der Waals surface area contributed by atoms with Crippen molar-refractivity contribution in [2.24, 2.45) is 0 Å². The van der Waals surface area contributed by atoms with Crippen molar-refractivity contribution in [2.45, 2.75) is 19.4 Å². The van der Waals surface area contributed by atoms with Crippen molar-refractivity contribution in [3.05, 3.63) is 29.3 Å². The van der Waals surface area contributed by atoms with E-state index in [4.69, 9.17) is 4.74 Å². The summed E-state index contributed by atoms with van der Waals surface area (Å²) >= 11 is 0. The fraction of sp³-hybridized carbons (Fsp3) is 0.385. The molecular formula is C13H15NO4.